The minimum absolute atomic E-state index is 0. The van der Waals surface area contributed by atoms with Crippen LogP contribution in [-0.2, 0) is 6.42 Å². The summed E-state index contributed by atoms with van der Waals surface area (Å²) in [4.78, 5) is 4.25. The molecule has 1 N–H and O–H groups in total. The highest BCUT2D eigenvalue weighted by Gasteiger charge is 2.16. The molecule has 2 aromatic rings. The van der Waals surface area contributed by atoms with Crippen molar-refractivity contribution in [3.63, 3.8) is 0 Å². The topological polar surface area (TPSA) is 51.0 Å². The normalized spacial score (nSPS) is 15.5. The van der Waals surface area contributed by atoms with Gasteiger partial charge in [0.1, 0.15) is 0 Å². The summed E-state index contributed by atoms with van der Waals surface area (Å²) in [6.45, 7) is 2.13. The van der Waals surface area contributed by atoms with Crippen LogP contribution in [0, 0.1) is 17.6 Å². The maximum absolute atomic E-state index is 13.2. The fourth-order valence-electron chi connectivity index (χ4n) is 2.61. The fourth-order valence-corrected chi connectivity index (χ4v) is 2.61. The van der Waals surface area contributed by atoms with Gasteiger partial charge in [-0.1, -0.05) is 5.16 Å². The van der Waals surface area contributed by atoms with Crippen LogP contribution in [0.3, 0.4) is 0 Å². The standard InChI is InChI=1S/C15H17F2N3O.ClH/c16-12-3-2-11(9-13(12)17)15-19-14(21-20-15)4-1-10-5-7-18-8-6-10;/h2-3,9-10,18H,1,4-8H2;1H. The van der Waals surface area contributed by atoms with Crippen LogP contribution in [-0.4, -0.2) is 23.2 Å². The molecule has 2 heterocycles. The molecule has 0 bridgehead atoms. The summed E-state index contributed by atoms with van der Waals surface area (Å²) >= 11 is 0. The molecule has 1 aromatic carbocycles. The number of hydrogen-bond donors (Lipinski definition) is 1. The third-order valence-corrected chi connectivity index (χ3v) is 3.87. The van der Waals surface area contributed by atoms with Gasteiger partial charge in [-0.2, -0.15) is 4.98 Å². The van der Waals surface area contributed by atoms with Crippen molar-refractivity contribution < 1.29 is 13.3 Å². The first-order chi connectivity index (χ1) is 10.2. The van der Waals surface area contributed by atoms with Gasteiger partial charge in [0.05, 0.1) is 0 Å². The van der Waals surface area contributed by atoms with Gasteiger partial charge in [-0.25, -0.2) is 8.78 Å². The lowest BCUT2D eigenvalue weighted by Gasteiger charge is -2.21. The Labute approximate surface area is 133 Å². The molecule has 0 saturated carbocycles. The van der Waals surface area contributed by atoms with E-state index in [4.69, 9.17) is 4.52 Å². The van der Waals surface area contributed by atoms with E-state index >= 15 is 0 Å². The molecule has 0 aliphatic carbocycles. The summed E-state index contributed by atoms with van der Waals surface area (Å²) in [6.07, 6.45) is 4.08. The predicted molar refractivity (Wildman–Crippen MR) is 80.8 cm³/mol. The molecule has 1 fully saturated rings. The van der Waals surface area contributed by atoms with Gasteiger partial charge < -0.3 is 9.84 Å². The van der Waals surface area contributed by atoms with Gasteiger partial charge >= 0.3 is 0 Å². The maximum atomic E-state index is 13.2. The number of nitrogens with one attached hydrogen (secondary N) is 1. The summed E-state index contributed by atoms with van der Waals surface area (Å²) in [6, 6.07) is 3.59. The molecular formula is C15H18ClF2N3O. The summed E-state index contributed by atoms with van der Waals surface area (Å²) in [5, 5.41) is 7.16. The van der Waals surface area contributed by atoms with Crippen LogP contribution in [0.25, 0.3) is 11.4 Å². The molecule has 3 rings (SSSR count). The lowest BCUT2D eigenvalue weighted by molar-refractivity contribution is 0.324. The molecule has 7 heteroatoms. The molecule has 1 aromatic heterocycles. The molecule has 0 atom stereocenters. The van der Waals surface area contributed by atoms with Crippen LogP contribution in [0.2, 0.25) is 0 Å². The summed E-state index contributed by atoms with van der Waals surface area (Å²) < 4.78 is 31.3. The highest BCUT2D eigenvalue weighted by atomic mass is 35.5. The molecular weight excluding hydrogens is 312 g/mol. The van der Waals surface area contributed by atoms with Crippen LogP contribution < -0.4 is 5.32 Å². The first-order valence-corrected chi connectivity index (χ1v) is 7.21. The Morgan fingerprint density at radius 3 is 2.68 bits per heavy atom. The molecule has 22 heavy (non-hydrogen) atoms. The Kier molecular flexibility index (Phi) is 5.85. The number of aromatic nitrogens is 2. The van der Waals surface area contributed by atoms with E-state index in [0.29, 0.717) is 23.2 Å². The quantitative estimate of drug-likeness (QED) is 0.934. The van der Waals surface area contributed by atoms with E-state index < -0.39 is 11.6 Å². The first kappa shape index (κ1) is 16.8. The number of rotatable bonds is 4. The van der Waals surface area contributed by atoms with Crippen molar-refractivity contribution in [3.05, 3.63) is 35.7 Å². The molecule has 1 aliphatic rings. The Balaban J connectivity index is 0.00000176. The van der Waals surface area contributed by atoms with Crippen molar-refractivity contribution in [2.75, 3.05) is 13.1 Å². The van der Waals surface area contributed by atoms with Crippen molar-refractivity contribution in [1.29, 1.82) is 0 Å². The Morgan fingerprint density at radius 2 is 1.95 bits per heavy atom. The van der Waals surface area contributed by atoms with Gasteiger partial charge in [0.2, 0.25) is 11.7 Å². The van der Waals surface area contributed by atoms with Crippen molar-refractivity contribution >= 4 is 12.4 Å². The maximum Gasteiger partial charge on any atom is 0.226 e. The number of nitrogens with zero attached hydrogens (tertiary/aromatic N) is 2. The predicted octanol–water partition coefficient (Wildman–Crippen LogP) is 3.37. The number of hydrogen-bond acceptors (Lipinski definition) is 4. The molecule has 4 nitrogen and oxygen atoms in total. The second-order valence-corrected chi connectivity index (χ2v) is 5.37. The van der Waals surface area contributed by atoms with Gasteiger partial charge in [0.25, 0.3) is 0 Å². The molecule has 0 unspecified atom stereocenters. The van der Waals surface area contributed by atoms with E-state index in [1.165, 1.54) is 18.9 Å². The lowest BCUT2D eigenvalue weighted by Crippen LogP contribution is -2.27. The average Bonchev–Trinajstić information content (AvgIpc) is 2.98. The zero-order valence-electron chi connectivity index (χ0n) is 12.0. The highest BCUT2D eigenvalue weighted by molar-refractivity contribution is 5.85. The largest absolute Gasteiger partial charge is 0.339 e. The van der Waals surface area contributed by atoms with Gasteiger partial charge in [-0.3, -0.25) is 0 Å². The minimum Gasteiger partial charge on any atom is -0.339 e. The number of piperidine rings is 1. The molecule has 120 valence electrons. The third-order valence-electron chi connectivity index (χ3n) is 3.87. The van der Waals surface area contributed by atoms with Crippen LogP contribution in [0.1, 0.15) is 25.2 Å². The zero-order valence-corrected chi connectivity index (χ0v) is 12.8. The first-order valence-electron chi connectivity index (χ1n) is 7.21. The molecule has 0 radical (unpaired) electrons. The monoisotopic (exact) mass is 329 g/mol. The lowest BCUT2D eigenvalue weighted by atomic mass is 9.93. The van der Waals surface area contributed by atoms with E-state index in [9.17, 15) is 8.78 Å². The van der Waals surface area contributed by atoms with E-state index in [2.05, 4.69) is 15.5 Å². The Bertz CT molecular complexity index is 615. The number of aryl methyl sites for hydroxylation is 1. The molecule has 1 aliphatic heterocycles. The Hall–Kier alpha value is -1.53. The number of benzene rings is 1. The van der Waals surface area contributed by atoms with E-state index in [-0.39, 0.29) is 12.4 Å². The van der Waals surface area contributed by atoms with Gasteiger partial charge in [-0.05, 0) is 56.5 Å². The second kappa shape index (κ2) is 7.65. The van der Waals surface area contributed by atoms with Gasteiger partial charge in [0, 0.05) is 12.0 Å². The smallest absolute Gasteiger partial charge is 0.226 e. The minimum atomic E-state index is -0.909. The SMILES string of the molecule is Cl.Fc1ccc(-c2noc(CCC3CCNCC3)n2)cc1F. The zero-order chi connectivity index (χ0) is 14.7. The van der Waals surface area contributed by atoms with Gasteiger partial charge in [-0.15, -0.1) is 12.4 Å². The highest BCUT2D eigenvalue weighted by Crippen LogP contribution is 2.21. The van der Waals surface area contributed by atoms with Crippen molar-refractivity contribution in [2.24, 2.45) is 5.92 Å². The van der Waals surface area contributed by atoms with Crippen LogP contribution in [0.5, 0.6) is 0 Å². The van der Waals surface area contributed by atoms with E-state index in [0.717, 1.165) is 38.1 Å². The average molecular weight is 330 g/mol. The summed E-state index contributed by atoms with van der Waals surface area (Å²) in [5.41, 5.74) is 0.422. The third kappa shape index (κ3) is 4.01. The van der Waals surface area contributed by atoms with Crippen molar-refractivity contribution in [1.82, 2.24) is 15.5 Å². The van der Waals surface area contributed by atoms with Crippen molar-refractivity contribution in [3.8, 4) is 11.4 Å². The molecule has 0 spiro atoms. The van der Waals surface area contributed by atoms with Crippen LogP contribution >= 0.6 is 12.4 Å². The van der Waals surface area contributed by atoms with Gasteiger partial charge in [0.15, 0.2) is 11.6 Å². The van der Waals surface area contributed by atoms with E-state index in [1.54, 1.807) is 0 Å². The van der Waals surface area contributed by atoms with Crippen LogP contribution in [0.15, 0.2) is 22.7 Å². The Morgan fingerprint density at radius 1 is 1.18 bits per heavy atom. The van der Waals surface area contributed by atoms with E-state index in [1.807, 2.05) is 0 Å². The number of halogens is 3. The second-order valence-electron chi connectivity index (χ2n) is 5.37. The molecule has 0 amide bonds. The van der Waals surface area contributed by atoms with Crippen molar-refractivity contribution in [2.45, 2.75) is 25.7 Å². The summed E-state index contributed by atoms with van der Waals surface area (Å²) in [5.74, 6) is -0.255. The summed E-state index contributed by atoms with van der Waals surface area (Å²) in [7, 11) is 0. The van der Waals surface area contributed by atoms with Crippen LogP contribution in [0.4, 0.5) is 8.78 Å². The fraction of sp³-hybridized carbons (Fsp3) is 0.467. The molecule has 1 saturated heterocycles.